The van der Waals surface area contributed by atoms with Gasteiger partial charge in [-0.1, -0.05) is 13.8 Å². The van der Waals surface area contributed by atoms with Crippen LogP contribution in [0.15, 0.2) is 0 Å². The van der Waals surface area contributed by atoms with Gasteiger partial charge in [0.1, 0.15) is 0 Å². The number of rotatable bonds is 5. The van der Waals surface area contributed by atoms with Crippen LogP contribution in [0.5, 0.6) is 0 Å². The Balaban J connectivity index is 4.43. The van der Waals surface area contributed by atoms with Crippen LogP contribution in [0.3, 0.4) is 0 Å². The molecular formula is C9H14F6N2O. The van der Waals surface area contributed by atoms with E-state index < -0.39 is 24.2 Å². The van der Waals surface area contributed by atoms with E-state index in [1.165, 1.54) is 0 Å². The summed E-state index contributed by atoms with van der Waals surface area (Å²) in [6, 6.07) is 0.0166. The third kappa shape index (κ3) is 6.08. The molecule has 0 atom stereocenters. The molecule has 0 bridgehead atoms. The molecule has 0 aromatic carbocycles. The predicted molar refractivity (Wildman–Crippen MR) is 51.7 cm³/mol. The molecule has 0 spiro atoms. The molecule has 0 saturated heterocycles. The van der Waals surface area contributed by atoms with Crippen molar-refractivity contribution in [2.75, 3.05) is 13.1 Å². The summed E-state index contributed by atoms with van der Waals surface area (Å²) in [5, 5.41) is 4.35. The number of nitrogens with one attached hydrogen (secondary N) is 2. The Morgan fingerprint density at radius 1 is 1.00 bits per heavy atom. The fraction of sp³-hybridized carbons (Fsp3) is 0.889. The van der Waals surface area contributed by atoms with Crippen molar-refractivity contribution in [3.8, 4) is 0 Å². The second-order valence-electron chi connectivity index (χ2n) is 3.92. The highest BCUT2D eigenvalue weighted by molar-refractivity contribution is 5.80. The molecule has 0 aromatic heterocycles. The van der Waals surface area contributed by atoms with E-state index in [2.05, 4.69) is 5.32 Å². The molecule has 0 heterocycles. The van der Waals surface area contributed by atoms with Crippen molar-refractivity contribution in [1.29, 1.82) is 0 Å². The van der Waals surface area contributed by atoms with E-state index in [4.69, 9.17) is 0 Å². The van der Waals surface area contributed by atoms with Crippen molar-refractivity contribution in [3.63, 3.8) is 0 Å². The lowest BCUT2D eigenvalue weighted by Crippen LogP contribution is -2.49. The van der Waals surface area contributed by atoms with Crippen LogP contribution in [0.4, 0.5) is 26.3 Å². The number of amides is 1. The maximum Gasteiger partial charge on any atom is 0.409 e. The van der Waals surface area contributed by atoms with Crippen LogP contribution >= 0.6 is 0 Å². The van der Waals surface area contributed by atoms with Crippen LogP contribution in [0.1, 0.15) is 13.8 Å². The number of carbonyl (C=O) groups excluding carboxylic acids is 1. The van der Waals surface area contributed by atoms with Crippen molar-refractivity contribution in [2.45, 2.75) is 32.2 Å². The Kier molecular flexibility index (Phi) is 5.91. The summed E-state index contributed by atoms with van der Waals surface area (Å²) in [4.78, 5) is 10.9. The van der Waals surface area contributed by atoms with Crippen LogP contribution in [-0.2, 0) is 4.79 Å². The molecule has 0 aromatic rings. The van der Waals surface area contributed by atoms with Gasteiger partial charge in [-0.25, -0.2) is 0 Å². The third-order valence-electron chi connectivity index (χ3n) is 1.89. The summed E-state index contributed by atoms with van der Waals surface area (Å²) in [7, 11) is 0. The minimum Gasteiger partial charge on any atom is -0.354 e. The van der Waals surface area contributed by atoms with Crippen molar-refractivity contribution in [1.82, 2.24) is 10.6 Å². The fourth-order valence-corrected chi connectivity index (χ4v) is 1.13. The van der Waals surface area contributed by atoms with Gasteiger partial charge in [0.2, 0.25) is 11.8 Å². The van der Waals surface area contributed by atoms with E-state index >= 15 is 0 Å². The van der Waals surface area contributed by atoms with Gasteiger partial charge in [0.15, 0.2) is 0 Å². The summed E-state index contributed by atoms with van der Waals surface area (Å²) in [6.07, 6.45) is -11.3. The smallest absolute Gasteiger partial charge is 0.354 e. The fourth-order valence-electron chi connectivity index (χ4n) is 1.13. The highest BCUT2D eigenvalue weighted by Crippen LogP contribution is 2.39. The first-order valence-corrected chi connectivity index (χ1v) is 5.10. The van der Waals surface area contributed by atoms with Crippen LogP contribution in [0.2, 0.25) is 0 Å². The molecule has 0 rings (SSSR count). The topological polar surface area (TPSA) is 41.1 Å². The molecule has 108 valence electrons. The van der Waals surface area contributed by atoms with Crippen molar-refractivity contribution < 1.29 is 31.1 Å². The summed E-state index contributed by atoms with van der Waals surface area (Å²) in [6.45, 7) is 3.28. The Morgan fingerprint density at radius 2 is 1.44 bits per heavy atom. The minimum absolute atomic E-state index is 0.0166. The molecule has 0 aliphatic rings. The van der Waals surface area contributed by atoms with E-state index in [9.17, 15) is 31.1 Å². The van der Waals surface area contributed by atoms with Gasteiger partial charge in [0.05, 0.1) is 0 Å². The largest absolute Gasteiger partial charge is 0.409 e. The highest BCUT2D eigenvalue weighted by atomic mass is 19.4. The summed E-state index contributed by atoms with van der Waals surface area (Å²) >= 11 is 0. The molecule has 0 saturated carbocycles. The van der Waals surface area contributed by atoms with E-state index in [-0.39, 0.29) is 19.1 Å². The number of carbonyl (C=O) groups is 1. The van der Waals surface area contributed by atoms with Gasteiger partial charge in [0.25, 0.3) is 0 Å². The Labute approximate surface area is 99.9 Å². The second kappa shape index (κ2) is 6.26. The van der Waals surface area contributed by atoms with E-state index in [0.717, 1.165) is 0 Å². The molecule has 18 heavy (non-hydrogen) atoms. The number of alkyl halides is 6. The zero-order chi connectivity index (χ0) is 14.6. The predicted octanol–water partition coefficient (Wildman–Crippen LogP) is 1.84. The summed E-state index contributed by atoms with van der Waals surface area (Å²) < 4.78 is 72.6. The first-order valence-electron chi connectivity index (χ1n) is 5.10. The highest BCUT2D eigenvalue weighted by Gasteiger charge is 2.60. The molecule has 2 N–H and O–H groups in total. The first kappa shape index (κ1) is 17.0. The zero-order valence-electron chi connectivity index (χ0n) is 9.74. The molecule has 3 nitrogen and oxygen atoms in total. The van der Waals surface area contributed by atoms with Crippen molar-refractivity contribution in [3.05, 3.63) is 0 Å². The van der Waals surface area contributed by atoms with Gasteiger partial charge in [-0.2, -0.15) is 26.3 Å². The Hall–Kier alpha value is -0.990. The molecule has 0 aliphatic carbocycles. The maximum atomic E-state index is 12.1. The number of halogens is 6. The van der Waals surface area contributed by atoms with Crippen molar-refractivity contribution >= 4 is 5.91 Å². The maximum absolute atomic E-state index is 12.1. The third-order valence-corrected chi connectivity index (χ3v) is 1.89. The normalized spacial score (nSPS) is 13.2. The summed E-state index contributed by atoms with van der Waals surface area (Å²) in [5.41, 5.74) is 0. The summed E-state index contributed by atoms with van der Waals surface area (Å²) in [5.74, 6) is -6.07. The van der Waals surface area contributed by atoms with Gasteiger partial charge < -0.3 is 10.6 Å². The van der Waals surface area contributed by atoms with Gasteiger partial charge in [-0.05, 0) is 0 Å². The van der Waals surface area contributed by atoms with E-state index in [0.29, 0.717) is 0 Å². The van der Waals surface area contributed by atoms with E-state index in [1.807, 2.05) is 0 Å². The standard InChI is InChI=1S/C9H14F6N2O/c1-5(2)16-3-4-17-7(18)6(8(10,11)12)9(13,14)15/h5-6,16H,3-4H2,1-2H3,(H,17,18). The Morgan fingerprint density at radius 3 is 1.78 bits per heavy atom. The lowest BCUT2D eigenvalue weighted by Gasteiger charge is -2.22. The molecule has 9 heteroatoms. The molecule has 0 aliphatic heterocycles. The monoisotopic (exact) mass is 280 g/mol. The van der Waals surface area contributed by atoms with Crippen LogP contribution in [0, 0.1) is 5.92 Å². The average molecular weight is 280 g/mol. The van der Waals surface area contributed by atoms with Crippen LogP contribution in [0.25, 0.3) is 0 Å². The molecular weight excluding hydrogens is 266 g/mol. The molecule has 0 fully saturated rings. The average Bonchev–Trinajstić information content (AvgIpc) is 2.06. The quantitative estimate of drug-likeness (QED) is 0.596. The SMILES string of the molecule is CC(C)NCCNC(=O)C(C(F)(F)F)C(F)(F)F. The van der Waals surface area contributed by atoms with Crippen LogP contribution in [-0.4, -0.2) is 37.4 Å². The lowest BCUT2D eigenvalue weighted by molar-refractivity contribution is -0.274. The number of hydrogen-bond acceptors (Lipinski definition) is 2. The lowest BCUT2D eigenvalue weighted by atomic mass is 10.1. The van der Waals surface area contributed by atoms with Gasteiger partial charge >= 0.3 is 12.4 Å². The minimum atomic E-state index is -5.65. The second-order valence-corrected chi connectivity index (χ2v) is 3.92. The van der Waals surface area contributed by atoms with E-state index in [1.54, 1.807) is 19.2 Å². The Bertz CT molecular complexity index is 259. The number of hydrogen-bond donors (Lipinski definition) is 2. The van der Waals surface area contributed by atoms with Gasteiger partial charge in [0, 0.05) is 19.1 Å². The first-order chi connectivity index (χ1) is 7.96. The molecule has 0 unspecified atom stereocenters. The molecule has 1 amide bonds. The van der Waals surface area contributed by atoms with Gasteiger partial charge in [-0.15, -0.1) is 0 Å². The van der Waals surface area contributed by atoms with Crippen molar-refractivity contribution in [2.24, 2.45) is 5.92 Å². The molecule has 0 radical (unpaired) electrons. The van der Waals surface area contributed by atoms with Gasteiger partial charge in [-0.3, -0.25) is 4.79 Å². The zero-order valence-corrected chi connectivity index (χ0v) is 9.74. The van der Waals surface area contributed by atoms with Crippen LogP contribution < -0.4 is 10.6 Å².